The smallest absolute Gasteiger partial charge is 0.233 e. The van der Waals surface area contributed by atoms with E-state index in [1.54, 1.807) is 0 Å². The summed E-state index contributed by atoms with van der Waals surface area (Å²) in [6.07, 6.45) is 0. The second-order valence-corrected chi connectivity index (χ2v) is 6.86. The van der Waals surface area contributed by atoms with E-state index in [1.165, 1.54) is 16.4 Å². The van der Waals surface area contributed by atoms with Crippen molar-refractivity contribution >= 4 is 17.7 Å². The molecule has 1 atom stereocenters. The number of hydrogen-bond acceptors (Lipinski definition) is 6. The Hall–Kier alpha value is -2.22. The van der Waals surface area contributed by atoms with Gasteiger partial charge in [0.15, 0.2) is 5.82 Å². The van der Waals surface area contributed by atoms with Crippen molar-refractivity contribution in [3.05, 3.63) is 24.3 Å². The summed E-state index contributed by atoms with van der Waals surface area (Å²) >= 11 is 1.27. The average Bonchev–Trinajstić information content (AvgIpc) is 2.89. The van der Waals surface area contributed by atoms with Crippen molar-refractivity contribution < 1.29 is 9.53 Å². The number of amides is 1. The number of nitrogens with zero attached hydrogens (tertiary/aromatic N) is 3. The molecule has 0 bridgehead atoms. The lowest BCUT2D eigenvalue weighted by atomic mass is 10.2. The molecule has 1 aromatic heterocycles. The monoisotopic (exact) mass is 349 g/mol. The highest BCUT2D eigenvalue weighted by Crippen LogP contribution is 2.26. The van der Waals surface area contributed by atoms with Gasteiger partial charge in [-0.15, -0.1) is 10.2 Å². The summed E-state index contributed by atoms with van der Waals surface area (Å²) in [6.45, 7) is 8.21. The van der Waals surface area contributed by atoms with Gasteiger partial charge in [-0.1, -0.05) is 11.8 Å². The van der Waals surface area contributed by atoms with Crippen LogP contribution in [0.3, 0.4) is 0 Å². The molecule has 3 N–H and O–H groups in total. The highest BCUT2D eigenvalue weighted by atomic mass is 32.2. The number of hydrogen-bond donors (Lipinski definition) is 2. The van der Waals surface area contributed by atoms with Gasteiger partial charge in [0.1, 0.15) is 5.75 Å². The molecule has 0 spiro atoms. The summed E-state index contributed by atoms with van der Waals surface area (Å²) in [5, 5.41) is 11.3. The molecule has 0 aliphatic rings. The highest BCUT2D eigenvalue weighted by molar-refractivity contribution is 8.00. The predicted octanol–water partition coefficient (Wildman–Crippen LogP) is 2.06. The van der Waals surface area contributed by atoms with Crippen LogP contribution in [0, 0.1) is 0 Å². The van der Waals surface area contributed by atoms with E-state index in [0.29, 0.717) is 17.6 Å². The number of ether oxygens (including phenoxy) is 1. The summed E-state index contributed by atoms with van der Waals surface area (Å²) in [5.74, 6) is 7.36. The van der Waals surface area contributed by atoms with E-state index < -0.39 is 0 Å². The van der Waals surface area contributed by atoms with Gasteiger partial charge in [-0.05, 0) is 52.0 Å². The van der Waals surface area contributed by atoms with Crippen LogP contribution in [-0.4, -0.2) is 38.7 Å². The van der Waals surface area contributed by atoms with Gasteiger partial charge in [-0.25, -0.2) is 4.68 Å². The van der Waals surface area contributed by atoms with E-state index in [9.17, 15) is 4.79 Å². The fourth-order valence-electron chi connectivity index (χ4n) is 2.03. The Labute approximate surface area is 145 Å². The first-order valence-corrected chi connectivity index (χ1v) is 8.71. The largest absolute Gasteiger partial charge is 0.494 e. The Morgan fingerprint density at radius 3 is 2.54 bits per heavy atom. The van der Waals surface area contributed by atoms with Crippen LogP contribution >= 0.6 is 11.8 Å². The van der Waals surface area contributed by atoms with Crippen LogP contribution in [0.25, 0.3) is 11.4 Å². The van der Waals surface area contributed by atoms with E-state index in [0.717, 1.165) is 11.3 Å². The van der Waals surface area contributed by atoms with Gasteiger partial charge in [0.25, 0.3) is 0 Å². The van der Waals surface area contributed by atoms with Gasteiger partial charge in [0, 0.05) is 11.6 Å². The molecule has 2 rings (SSSR count). The Kier molecular flexibility index (Phi) is 6.08. The molecule has 1 amide bonds. The third kappa shape index (κ3) is 4.41. The maximum Gasteiger partial charge on any atom is 0.233 e. The van der Waals surface area contributed by atoms with Crippen LogP contribution in [0.1, 0.15) is 27.7 Å². The molecule has 0 aliphatic carbocycles. The number of carbonyl (C=O) groups is 1. The number of aromatic nitrogens is 3. The molecular formula is C16H23N5O2S. The van der Waals surface area contributed by atoms with Crippen molar-refractivity contribution in [3.63, 3.8) is 0 Å². The van der Waals surface area contributed by atoms with E-state index >= 15 is 0 Å². The van der Waals surface area contributed by atoms with E-state index in [1.807, 2.05) is 52.0 Å². The number of nitrogens with two attached hydrogens (primary N) is 1. The van der Waals surface area contributed by atoms with Gasteiger partial charge in [0.05, 0.1) is 11.9 Å². The standard InChI is InChI=1S/C16H23N5O2S/c1-5-23-13-8-6-12(7-9-13)14-19-20-16(21(14)17)24-11(4)15(22)18-10(2)3/h6-11H,5,17H2,1-4H3,(H,18,22). The first kappa shape index (κ1) is 18.1. The lowest BCUT2D eigenvalue weighted by molar-refractivity contribution is -0.120. The van der Waals surface area contributed by atoms with Crippen molar-refractivity contribution in [2.75, 3.05) is 12.4 Å². The first-order chi connectivity index (χ1) is 11.4. The minimum atomic E-state index is -0.313. The van der Waals surface area contributed by atoms with Gasteiger partial charge in [-0.2, -0.15) is 0 Å². The molecule has 0 aliphatic heterocycles. The summed E-state index contributed by atoms with van der Waals surface area (Å²) < 4.78 is 6.82. The van der Waals surface area contributed by atoms with Gasteiger partial charge in [0.2, 0.25) is 11.1 Å². The average molecular weight is 349 g/mol. The number of rotatable bonds is 7. The number of thioether (sulfide) groups is 1. The van der Waals surface area contributed by atoms with E-state index in [4.69, 9.17) is 10.6 Å². The topological polar surface area (TPSA) is 95.1 Å². The molecule has 24 heavy (non-hydrogen) atoms. The van der Waals surface area contributed by atoms with Crippen LogP contribution in [0.5, 0.6) is 5.75 Å². The Morgan fingerprint density at radius 2 is 1.96 bits per heavy atom. The summed E-state index contributed by atoms with van der Waals surface area (Å²) in [4.78, 5) is 12.0. The Morgan fingerprint density at radius 1 is 1.29 bits per heavy atom. The van der Waals surface area contributed by atoms with Crippen LogP contribution in [0.15, 0.2) is 29.4 Å². The quantitative estimate of drug-likeness (QED) is 0.587. The molecule has 2 aromatic rings. The third-order valence-electron chi connectivity index (χ3n) is 3.17. The Balaban J connectivity index is 2.11. The summed E-state index contributed by atoms with van der Waals surface area (Å²) in [5.41, 5.74) is 0.833. The predicted molar refractivity (Wildman–Crippen MR) is 95.4 cm³/mol. The molecule has 0 saturated heterocycles. The molecule has 1 aromatic carbocycles. The lowest BCUT2D eigenvalue weighted by Gasteiger charge is -2.13. The van der Waals surface area contributed by atoms with Crippen molar-refractivity contribution in [2.45, 2.75) is 44.1 Å². The van der Waals surface area contributed by atoms with Crippen molar-refractivity contribution in [1.82, 2.24) is 20.2 Å². The Bertz CT molecular complexity index is 684. The van der Waals surface area contributed by atoms with Crippen LogP contribution in [-0.2, 0) is 4.79 Å². The molecule has 0 radical (unpaired) electrons. The zero-order chi connectivity index (χ0) is 17.7. The van der Waals surface area contributed by atoms with Crippen LogP contribution in [0.4, 0.5) is 0 Å². The van der Waals surface area contributed by atoms with Crippen LogP contribution in [0.2, 0.25) is 0 Å². The number of carbonyl (C=O) groups excluding carboxylic acids is 1. The summed E-state index contributed by atoms with van der Waals surface area (Å²) in [7, 11) is 0. The zero-order valence-corrected chi connectivity index (χ0v) is 15.1. The molecule has 0 fully saturated rings. The minimum absolute atomic E-state index is 0.0550. The highest BCUT2D eigenvalue weighted by Gasteiger charge is 2.20. The molecule has 1 unspecified atom stereocenters. The molecule has 130 valence electrons. The number of benzene rings is 1. The summed E-state index contributed by atoms with van der Waals surface area (Å²) in [6, 6.07) is 7.57. The fourth-order valence-corrected chi connectivity index (χ4v) is 2.81. The van der Waals surface area contributed by atoms with Crippen LogP contribution < -0.4 is 15.9 Å². The van der Waals surface area contributed by atoms with Gasteiger partial charge >= 0.3 is 0 Å². The number of nitrogen functional groups attached to an aromatic ring is 1. The van der Waals surface area contributed by atoms with E-state index in [2.05, 4.69) is 15.5 Å². The SMILES string of the molecule is CCOc1ccc(-c2nnc(SC(C)C(=O)NC(C)C)n2N)cc1. The first-order valence-electron chi connectivity index (χ1n) is 7.83. The lowest BCUT2D eigenvalue weighted by Crippen LogP contribution is -2.36. The molecule has 8 heteroatoms. The maximum atomic E-state index is 12.0. The number of nitrogens with one attached hydrogen (secondary N) is 1. The van der Waals surface area contributed by atoms with Crippen molar-refractivity contribution in [1.29, 1.82) is 0 Å². The zero-order valence-electron chi connectivity index (χ0n) is 14.3. The van der Waals surface area contributed by atoms with Crippen molar-refractivity contribution in [2.24, 2.45) is 0 Å². The normalized spacial score (nSPS) is 12.2. The second-order valence-electron chi connectivity index (χ2n) is 5.56. The molecule has 1 heterocycles. The van der Waals surface area contributed by atoms with Gasteiger partial charge in [-0.3, -0.25) is 4.79 Å². The molecular weight excluding hydrogens is 326 g/mol. The molecule has 7 nitrogen and oxygen atoms in total. The van der Waals surface area contributed by atoms with E-state index in [-0.39, 0.29) is 17.2 Å². The van der Waals surface area contributed by atoms with Crippen molar-refractivity contribution in [3.8, 4) is 17.1 Å². The van der Waals surface area contributed by atoms with Gasteiger partial charge < -0.3 is 15.9 Å². The maximum absolute atomic E-state index is 12.0. The molecule has 0 saturated carbocycles. The third-order valence-corrected chi connectivity index (χ3v) is 4.23. The minimum Gasteiger partial charge on any atom is -0.494 e. The fraction of sp³-hybridized carbons (Fsp3) is 0.438. The second kappa shape index (κ2) is 8.05.